The zero-order valence-corrected chi connectivity index (χ0v) is 14.0. The smallest absolute Gasteiger partial charge is 0.230 e. The van der Waals surface area contributed by atoms with Crippen molar-refractivity contribution in [3.8, 4) is 0 Å². The second kappa shape index (κ2) is 6.95. The number of rotatable bonds is 3. The molecule has 1 aromatic rings. The van der Waals surface area contributed by atoms with Gasteiger partial charge in [-0.05, 0) is 18.4 Å². The topological polar surface area (TPSA) is 40.6 Å². The van der Waals surface area contributed by atoms with Gasteiger partial charge >= 0.3 is 0 Å². The van der Waals surface area contributed by atoms with Crippen molar-refractivity contribution in [3.63, 3.8) is 0 Å². The average Bonchev–Trinajstić information content (AvgIpc) is 2.49. The summed E-state index contributed by atoms with van der Waals surface area (Å²) in [4.78, 5) is 28.0. The van der Waals surface area contributed by atoms with Crippen molar-refractivity contribution in [2.24, 2.45) is 5.92 Å². The molecule has 0 spiro atoms. The molecule has 1 aliphatic rings. The fourth-order valence-corrected chi connectivity index (χ4v) is 3.02. The zero-order chi connectivity index (χ0) is 16.3. The van der Waals surface area contributed by atoms with Crippen molar-refractivity contribution in [2.75, 3.05) is 26.2 Å². The molecule has 120 valence electrons. The van der Waals surface area contributed by atoms with Crippen LogP contribution in [0.5, 0.6) is 0 Å². The highest BCUT2D eigenvalue weighted by atomic mass is 16.2. The lowest BCUT2D eigenvalue weighted by Crippen LogP contribution is -2.51. The van der Waals surface area contributed by atoms with E-state index in [9.17, 15) is 9.59 Å². The molecule has 1 unspecified atom stereocenters. The van der Waals surface area contributed by atoms with Crippen molar-refractivity contribution in [1.82, 2.24) is 9.80 Å². The summed E-state index contributed by atoms with van der Waals surface area (Å²) in [6, 6.07) is 8.24. The quantitative estimate of drug-likeness (QED) is 0.860. The van der Waals surface area contributed by atoms with Gasteiger partial charge < -0.3 is 9.80 Å². The second-order valence-electron chi connectivity index (χ2n) is 6.46. The first-order chi connectivity index (χ1) is 10.4. The van der Waals surface area contributed by atoms with Gasteiger partial charge in [-0.25, -0.2) is 0 Å². The van der Waals surface area contributed by atoms with Crippen LogP contribution < -0.4 is 0 Å². The predicted molar refractivity (Wildman–Crippen MR) is 87.6 cm³/mol. The number of benzene rings is 1. The first kappa shape index (κ1) is 16.5. The highest BCUT2D eigenvalue weighted by Gasteiger charge is 2.30. The zero-order valence-electron chi connectivity index (χ0n) is 14.0. The Bertz CT molecular complexity index is 529. The molecule has 0 saturated carbocycles. The largest absolute Gasteiger partial charge is 0.339 e. The molecule has 0 aliphatic carbocycles. The summed E-state index contributed by atoms with van der Waals surface area (Å²) in [6.07, 6.45) is 0. The van der Waals surface area contributed by atoms with Crippen molar-refractivity contribution >= 4 is 11.8 Å². The molecule has 0 bridgehead atoms. The van der Waals surface area contributed by atoms with E-state index in [0.29, 0.717) is 26.2 Å². The number of hydrogen-bond donors (Lipinski definition) is 0. The van der Waals surface area contributed by atoms with E-state index in [1.165, 1.54) is 5.56 Å². The van der Waals surface area contributed by atoms with E-state index in [2.05, 4.69) is 45.0 Å². The van der Waals surface area contributed by atoms with E-state index >= 15 is 0 Å². The van der Waals surface area contributed by atoms with Crippen molar-refractivity contribution in [3.05, 3.63) is 35.4 Å². The van der Waals surface area contributed by atoms with Crippen LogP contribution in [0.2, 0.25) is 0 Å². The Balaban J connectivity index is 2.11. The molecule has 1 aromatic carbocycles. The predicted octanol–water partition coefficient (Wildman–Crippen LogP) is 2.43. The number of hydrogen-bond acceptors (Lipinski definition) is 2. The van der Waals surface area contributed by atoms with Gasteiger partial charge in [-0.15, -0.1) is 0 Å². The van der Waals surface area contributed by atoms with Gasteiger partial charge in [0.05, 0.1) is 5.92 Å². The number of nitrogens with zero attached hydrogens (tertiary/aromatic N) is 2. The van der Waals surface area contributed by atoms with E-state index < -0.39 is 0 Å². The molecule has 2 amide bonds. The third kappa shape index (κ3) is 3.67. The van der Waals surface area contributed by atoms with Crippen LogP contribution in [-0.2, 0) is 9.59 Å². The normalized spacial score (nSPS) is 16.8. The Kier molecular flexibility index (Phi) is 5.22. The van der Waals surface area contributed by atoms with Crippen LogP contribution in [0.1, 0.15) is 37.8 Å². The molecule has 1 fully saturated rings. The number of amides is 2. The van der Waals surface area contributed by atoms with Crippen LogP contribution in [0.4, 0.5) is 0 Å². The standard InChI is InChI=1S/C18H26N2O2/c1-13(2)17(16-7-5-14(3)6-8-16)18(22)20-11-9-19(10-12-20)15(4)21/h5-8,13,17H,9-12H2,1-4H3. The molecular weight excluding hydrogens is 276 g/mol. The first-order valence-corrected chi connectivity index (χ1v) is 8.01. The number of carbonyl (C=O) groups excluding carboxylic acids is 2. The Morgan fingerprint density at radius 1 is 0.955 bits per heavy atom. The van der Waals surface area contributed by atoms with Gasteiger partial charge in [-0.2, -0.15) is 0 Å². The minimum absolute atomic E-state index is 0.0889. The van der Waals surface area contributed by atoms with E-state index in [1.807, 2.05) is 4.90 Å². The van der Waals surface area contributed by atoms with E-state index in [1.54, 1.807) is 11.8 Å². The third-order valence-electron chi connectivity index (χ3n) is 4.41. The summed E-state index contributed by atoms with van der Waals surface area (Å²) in [5.41, 5.74) is 2.29. The fourth-order valence-electron chi connectivity index (χ4n) is 3.02. The monoisotopic (exact) mass is 302 g/mol. The van der Waals surface area contributed by atoms with Gasteiger partial charge in [-0.1, -0.05) is 43.7 Å². The molecule has 1 aliphatic heterocycles. The molecule has 0 N–H and O–H groups in total. The summed E-state index contributed by atoms with van der Waals surface area (Å²) < 4.78 is 0. The lowest BCUT2D eigenvalue weighted by Gasteiger charge is -2.37. The van der Waals surface area contributed by atoms with Gasteiger partial charge in [0.15, 0.2) is 0 Å². The maximum atomic E-state index is 12.9. The molecule has 22 heavy (non-hydrogen) atoms. The van der Waals surface area contributed by atoms with Crippen LogP contribution in [0.3, 0.4) is 0 Å². The van der Waals surface area contributed by atoms with Gasteiger partial charge in [0.1, 0.15) is 0 Å². The van der Waals surface area contributed by atoms with Gasteiger partial charge in [0.2, 0.25) is 11.8 Å². The van der Waals surface area contributed by atoms with Crippen molar-refractivity contribution in [2.45, 2.75) is 33.6 Å². The summed E-state index contributed by atoms with van der Waals surface area (Å²) in [6.45, 7) is 10.4. The van der Waals surface area contributed by atoms with Gasteiger partial charge in [0.25, 0.3) is 0 Å². The molecule has 1 atom stereocenters. The van der Waals surface area contributed by atoms with Crippen molar-refractivity contribution < 1.29 is 9.59 Å². The lowest BCUT2D eigenvalue weighted by atomic mass is 9.86. The molecule has 1 saturated heterocycles. The highest BCUT2D eigenvalue weighted by molar-refractivity contribution is 5.84. The van der Waals surface area contributed by atoms with Crippen LogP contribution in [0.15, 0.2) is 24.3 Å². The van der Waals surface area contributed by atoms with Crippen LogP contribution in [0, 0.1) is 12.8 Å². The average molecular weight is 302 g/mol. The van der Waals surface area contributed by atoms with Crippen LogP contribution in [0.25, 0.3) is 0 Å². The summed E-state index contributed by atoms with van der Waals surface area (Å²) in [7, 11) is 0. The van der Waals surface area contributed by atoms with E-state index in [-0.39, 0.29) is 23.7 Å². The third-order valence-corrected chi connectivity index (χ3v) is 4.41. The number of aryl methyl sites for hydroxylation is 1. The summed E-state index contributed by atoms with van der Waals surface area (Å²) in [5.74, 6) is 0.415. The maximum absolute atomic E-state index is 12.9. The number of carbonyl (C=O) groups is 2. The molecule has 0 aromatic heterocycles. The van der Waals surface area contributed by atoms with Gasteiger partial charge in [0, 0.05) is 33.1 Å². The van der Waals surface area contributed by atoms with Gasteiger partial charge in [-0.3, -0.25) is 9.59 Å². The Morgan fingerprint density at radius 2 is 1.45 bits per heavy atom. The fraction of sp³-hybridized carbons (Fsp3) is 0.556. The summed E-state index contributed by atoms with van der Waals surface area (Å²) >= 11 is 0. The van der Waals surface area contributed by atoms with Crippen LogP contribution in [-0.4, -0.2) is 47.8 Å². The van der Waals surface area contributed by atoms with Crippen molar-refractivity contribution in [1.29, 1.82) is 0 Å². The Labute approximate surface area is 133 Å². The SMILES string of the molecule is CC(=O)N1CCN(C(=O)C(c2ccc(C)cc2)C(C)C)CC1. The molecule has 1 heterocycles. The molecule has 4 heteroatoms. The molecular formula is C18H26N2O2. The minimum Gasteiger partial charge on any atom is -0.339 e. The molecule has 4 nitrogen and oxygen atoms in total. The second-order valence-corrected chi connectivity index (χ2v) is 6.46. The van der Waals surface area contributed by atoms with E-state index in [0.717, 1.165) is 5.56 Å². The maximum Gasteiger partial charge on any atom is 0.230 e. The highest BCUT2D eigenvalue weighted by Crippen LogP contribution is 2.27. The minimum atomic E-state index is -0.107. The first-order valence-electron chi connectivity index (χ1n) is 8.01. The Hall–Kier alpha value is -1.84. The Morgan fingerprint density at radius 3 is 1.91 bits per heavy atom. The summed E-state index contributed by atoms with van der Waals surface area (Å²) in [5, 5.41) is 0. The number of piperazine rings is 1. The molecule has 0 radical (unpaired) electrons. The van der Waals surface area contributed by atoms with Crippen LogP contribution >= 0.6 is 0 Å². The lowest BCUT2D eigenvalue weighted by molar-refractivity contribution is -0.140. The van der Waals surface area contributed by atoms with E-state index in [4.69, 9.17) is 0 Å². The molecule has 2 rings (SSSR count).